The summed E-state index contributed by atoms with van der Waals surface area (Å²) in [5.74, 6) is -0.0697. The van der Waals surface area contributed by atoms with E-state index in [0.717, 1.165) is 17.7 Å². The molecule has 0 aliphatic carbocycles. The number of benzene rings is 1. The van der Waals surface area contributed by atoms with E-state index < -0.39 is 0 Å². The number of hydrogen-bond donors (Lipinski definition) is 1. The number of carbonyl (C=O) groups is 1. The number of nitrogens with one attached hydrogen (secondary N) is 1. The monoisotopic (exact) mass is 270 g/mol. The van der Waals surface area contributed by atoms with Crippen molar-refractivity contribution in [1.29, 1.82) is 0 Å². The molecular formula is C15H18N4O. The van der Waals surface area contributed by atoms with Crippen LogP contribution < -0.4 is 5.32 Å². The van der Waals surface area contributed by atoms with Gasteiger partial charge in [-0.2, -0.15) is 5.10 Å². The fraction of sp³-hybridized carbons (Fsp3) is 0.267. The molecule has 2 rings (SSSR count). The average molecular weight is 270 g/mol. The SMILES string of the molecule is CC/C=C\C(=O)N[C@@H](C)c1ccc(-n2cncn2)cc1. The Morgan fingerprint density at radius 1 is 1.40 bits per heavy atom. The lowest BCUT2D eigenvalue weighted by Crippen LogP contribution is -2.24. The van der Waals surface area contributed by atoms with Crippen LogP contribution in [-0.2, 0) is 4.79 Å². The van der Waals surface area contributed by atoms with E-state index in [1.165, 1.54) is 6.33 Å². The van der Waals surface area contributed by atoms with Crippen molar-refractivity contribution in [2.75, 3.05) is 0 Å². The summed E-state index contributed by atoms with van der Waals surface area (Å²) in [6.45, 7) is 3.96. The maximum absolute atomic E-state index is 11.6. The van der Waals surface area contributed by atoms with Crippen LogP contribution in [0.4, 0.5) is 0 Å². The van der Waals surface area contributed by atoms with Crippen molar-refractivity contribution < 1.29 is 4.79 Å². The van der Waals surface area contributed by atoms with Crippen LogP contribution in [0.15, 0.2) is 49.1 Å². The van der Waals surface area contributed by atoms with Crippen LogP contribution in [0.3, 0.4) is 0 Å². The Morgan fingerprint density at radius 3 is 2.75 bits per heavy atom. The van der Waals surface area contributed by atoms with Gasteiger partial charge in [-0.25, -0.2) is 9.67 Å². The third kappa shape index (κ3) is 3.54. The highest BCUT2D eigenvalue weighted by atomic mass is 16.1. The van der Waals surface area contributed by atoms with Gasteiger partial charge in [0.1, 0.15) is 12.7 Å². The second kappa shape index (κ2) is 6.65. The van der Waals surface area contributed by atoms with Crippen molar-refractivity contribution >= 4 is 5.91 Å². The standard InChI is InChI=1S/C15H18N4O/c1-3-4-5-15(20)18-12(2)13-6-8-14(9-7-13)19-11-16-10-17-19/h4-12H,3H2,1-2H3,(H,18,20)/b5-4-/t12-/m0/s1. The van der Waals surface area contributed by atoms with Crippen LogP contribution in [0.25, 0.3) is 5.69 Å². The van der Waals surface area contributed by atoms with Gasteiger partial charge >= 0.3 is 0 Å². The van der Waals surface area contributed by atoms with E-state index in [4.69, 9.17) is 0 Å². The van der Waals surface area contributed by atoms with Crippen molar-refractivity contribution in [1.82, 2.24) is 20.1 Å². The van der Waals surface area contributed by atoms with Gasteiger partial charge in [-0.1, -0.05) is 25.1 Å². The lowest BCUT2D eigenvalue weighted by molar-refractivity contribution is -0.117. The first kappa shape index (κ1) is 14.0. The first-order valence-corrected chi connectivity index (χ1v) is 6.62. The van der Waals surface area contributed by atoms with Crippen molar-refractivity contribution in [2.24, 2.45) is 0 Å². The Hall–Kier alpha value is -2.43. The third-order valence-electron chi connectivity index (χ3n) is 2.94. The van der Waals surface area contributed by atoms with Gasteiger partial charge in [0.2, 0.25) is 5.91 Å². The highest BCUT2D eigenvalue weighted by Crippen LogP contribution is 2.15. The topological polar surface area (TPSA) is 59.8 Å². The summed E-state index contributed by atoms with van der Waals surface area (Å²) in [7, 11) is 0. The van der Waals surface area contributed by atoms with Gasteiger partial charge in [-0.05, 0) is 37.1 Å². The van der Waals surface area contributed by atoms with Gasteiger partial charge in [0.15, 0.2) is 0 Å². The van der Waals surface area contributed by atoms with Crippen LogP contribution >= 0.6 is 0 Å². The molecule has 104 valence electrons. The number of aromatic nitrogens is 3. The Kier molecular flexibility index (Phi) is 4.65. The van der Waals surface area contributed by atoms with Crippen LogP contribution in [0.1, 0.15) is 31.9 Å². The summed E-state index contributed by atoms with van der Waals surface area (Å²) < 4.78 is 1.69. The Morgan fingerprint density at radius 2 is 2.15 bits per heavy atom. The molecule has 1 atom stereocenters. The van der Waals surface area contributed by atoms with E-state index in [0.29, 0.717) is 0 Å². The number of nitrogens with zero attached hydrogens (tertiary/aromatic N) is 3. The molecule has 0 unspecified atom stereocenters. The van der Waals surface area contributed by atoms with Crippen LogP contribution in [0.2, 0.25) is 0 Å². The maximum Gasteiger partial charge on any atom is 0.244 e. The summed E-state index contributed by atoms with van der Waals surface area (Å²) in [5.41, 5.74) is 1.99. The van der Waals surface area contributed by atoms with E-state index in [-0.39, 0.29) is 11.9 Å². The van der Waals surface area contributed by atoms with E-state index >= 15 is 0 Å². The van der Waals surface area contributed by atoms with E-state index in [1.807, 2.05) is 44.2 Å². The number of hydrogen-bond acceptors (Lipinski definition) is 3. The molecule has 1 heterocycles. The molecule has 0 fully saturated rings. The highest BCUT2D eigenvalue weighted by molar-refractivity contribution is 5.87. The molecule has 0 radical (unpaired) electrons. The molecule has 2 aromatic rings. The average Bonchev–Trinajstić information content (AvgIpc) is 2.99. The minimum atomic E-state index is -0.0697. The molecule has 0 aliphatic rings. The molecule has 1 amide bonds. The quantitative estimate of drug-likeness (QED) is 0.849. The Balaban J connectivity index is 2.02. The van der Waals surface area contributed by atoms with Gasteiger partial charge in [0.25, 0.3) is 0 Å². The molecule has 20 heavy (non-hydrogen) atoms. The van der Waals surface area contributed by atoms with Crippen molar-refractivity contribution in [3.05, 3.63) is 54.6 Å². The summed E-state index contributed by atoms with van der Waals surface area (Å²) in [6, 6.07) is 7.83. The smallest absolute Gasteiger partial charge is 0.244 e. The molecule has 0 aliphatic heterocycles. The van der Waals surface area contributed by atoms with E-state index in [2.05, 4.69) is 15.4 Å². The number of allylic oxidation sites excluding steroid dienone is 1. The fourth-order valence-corrected chi connectivity index (χ4v) is 1.83. The largest absolute Gasteiger partial charge is 0.346 e. The van der Waals surface area contributed by atoms with E-state index in [1.54, 1.807) is 17.1 Å². The molecule has 1 N–H and O–H groups in total. The van der Waals surface area contributed by atoms with Crippen molar-refractivity contribution in [3.8, 4) is 5.69 Å². The molecule has 5 nitrogen and oxygen atoms in total. The number of amides is 1. The number of rotatable bonds is 5. The van der Waals surface area contributed by atoms with E-state index in [9.17, 15) is 4.79 Å². The molecule has 1 aromatic carbocycles. The van der Waals surface area contributed by atoms with Crippen LogP contribution in [0, 0.1) is 0 Å². The summed E-state index contributed by atoms with van der Waals surface area (Å²) >= 11 is 0. The second-order valence-electron chi connectivity index (χ2n) is 4.47. The minimum Gasteiger partial charge on any atom is -0.346 e. The predicted octanol–water partition coefficient (Wildman–Crippen LogP) is 2.41. The zero-order valence-electron chi connectivity index (χ0n) is 11.7. The molecular weight excluding hydrogens is 252 g/mol. The molecule has 5 heteroatoms. The summed E-state index contributed by atoms with van der Waals surface area (Å²) in [5, 5.41) is 6.99. The summed E-state index contributed by atoms with van der Waals surface area (Å²) in [4.78, 5) is 15.5. The maximum atomic E-state index is 11.6. The second-order valence-corrected chi connectivity index (χ2v) is 4.47. The lowest BCUT2D eigenvalue weighted by atomic mass is 10.1. The highest BCUT2D eigenvalue weighted by Gasteiger charge is 2.07. The molecule has 0 saturated carbocycles. The number of carbonyl (C=O) groups excluding carboxylic acids is 1. The first-order valence-electron chi connectivity index (χ1n) is 6.62. The van der Waals surface area contributed by atoms with Gasteiger partial charge in [0, 0.05) is 0 Å². The lowest BCUT2D eigenvalue weighted by Gasteiger charge is -2.13. The van der Waals surface area contributed by atoms with Gasteiger partial charge in [-0.3, -0.25) is 4.79 Å². The normalized spacial score (nSPS) is 12.5. The Bertz CT molecular complexity index is 572. The summed E-state index contributed by atoms with van der Waals surface area (Å²) in [6.07, 6.45) is 7.41. The van der Waals surface area contributed by atoms with Crippen LogP contribution in [0.5, 0.6) is 0 Å². The zero-order valence-corrected chi connectivity index (χ0v) is 11.7. The fourth-order valence-electron chi connectivity index (χ4n) is 1.83. The molecule has 0 saturated heterocycles. The van der Waals surface area contributed by atoms with Crippen molar-refractivity contribution in [2.45, 2.75) is 26.3 Å². The van der Waals surface area contributed by atoms with Crippen LogP contribution in [-0.4, -0.2) is 20.7 Å². The first-order chi connectivity index (χ1) is 9.70. The minimum absolute atomic E-state index is 0.0335. The molecule has 0 spiro atoms. The molecule has 0 bridgehead atoms. The van der Waals surface area contributed by atoms with Gasteiger partial charge < -0.3 is 5.32 Å². The third-order valence-corrected chi connectivity index (χ3v) is 2.94. The van der Waals surface area contributed by atoms with Gasteiger partial charge in [-0.15, -0.1) is 0 Å². The zero-order chi connectivity index (χ0) is 14.4. The Labute approximate surface area is 118 Å². The molecule has 1 aromatic heterocycles. The van der Waals surface area contributed by atoms with Crippen molar-refractivity contribution in [3.63, 3.8) is 0 Å². The van der Waals surface area contributed by atoms with Gasteiger partial charge in [0.05, 0.1) is 11.7 Å². The predicted molar refractivity (Wildman–Crippen MR) is 77.3 cm³/mol.